The first kappa shape index (κ1) is 25.0. The van der Waals surface area contributed by atoms with Crippen molar-refractivity contribution in [2.45, 2.75) is 30.9 Å². The number of aliphatic hydroxyl groups is 1. The average molecular weight is 510 g/mol. The molecule has 1 aliphatic rings. The Bertz CT molecular complexity index is 1110. The molecule has 182 valence electrons. The van der Waals surface area contributed by atoms with Crippen LogP contribution in [0.2, 0.25) is 10.0 Å². The van der Waals surface area contributed by atoms with E-state index in [1.165, 1.54) is 29.0 Å². The summed E-state index contributed by atoms with van der Waals surface area (Å²) in [6, 6.07) is 9.04. The van der Waals surface area contributed by atoms with Crippen molar-refractivity contribution >= 4 is 23.2 Å². The van der Waals surface area contributed by atoms with E-state index in [1.807, 2.05) is 30.1 Å². The molecule has 0 amide bonds. The molecule has 4 rings (SSSR count). The van der Waals surface area contributed by atoms with Crippen LogP contribution in [0.3, 0.4) is 0 Å². The van der Waals surface area contributed by atoms with E-state index in [4.69, 9.17) is 23.2 Å². The van der Waals surface area contributed by atoms with Crippen LogP contribution in [0.4, 0.5) is 8.78 Å². The lowest BCUT2D eigenvalue weighted by Gasteiger charge is -2.38. The molecule has 3 aromatic rings. The molecule has 0 bridgehead atoms. The van der Waals surface area contributed by atoms with E-state index in [0.29, 0.717) is 22.6 Å². The van der Waals surface area contributed by atoms with E-state index in [-0.39, 0.29) is 18.7 Å². The first-order valence-electron chi connectivity index (χ1n) is 11.1. The number of piperidine rings is 1. The predicted molar refractivity (Wildman–Crippen MR) is 128 cm³/mol. The van der Waals surface area contributed by atoms with Crippen molar-refractivity contribution in [3.05, 3.63) is 81.9 Å². The third-order valence-electron chi connectivity index (χ3n) is 6.30. The van der Waals surface area contributed by atoms with Gasteiger partial charge in [0.05, 0.1) is 23.3 Å². The van der Waals surface area contributed by atoms with E-state index in [9.17, 15) is 13.9 Å². The Kier molecular flexibility index (Phi) is 7.84. The van der Waals surface area contributed by atoms with Gasteiger partial charge < -0.3 is 5.11 Å². The Balaban J connectivity index is 1.41. The Labute approximate surface area is 207 Å². The van der Waals surface area contributed by atoms with Crippen LogP contribution in [0, 0.1) is 11.6 Å². The summed E-state index contributed by atoms with van der Waals surface area (Å²) < 4.78 is 29.6. The summed E-state index contributed by atoms with van der Waals surface area (Å²) in [7, 11) is 1.87. The van der Waals surface area contributed by atoms with Crippen molar-refractivity contribution in [1.29, 1.82) is 0 Å². The van der Waals surface area contributed by atoms with Crippen LogP contribution in [0.25, 0.3) is 0 Å². The maximum atomic E-state index is 14.6. The van der Waals surface area contributed by atoms with E-state index in [2.05, 4.69) is 15.0 Å². The fourth-order valence-corrected chi connectivity index (χ4v) is 4.99. The molecule has 0 aliphatic carbocycles. The van der Waals surface area contributed by atoms with Crippen molar-refractivity contribution < 1.29 is 13.9 Å². The molecule has 2 aromatic carbocycles. The smallest absolute Gasteiger partial charge is 0.137 e. The van der Waals surface area contributed by atoms with Gasteiger partial charge in [0.1, 0.15) is 29.9 Å². The zero-order valence-corrected chi connectivity index (χ0v) is 20.4. The van der Waals surface area contributed by atoms with Crippen LogP contribution in [-0.2, 0) is 12.1 Å². The number of aromatic nitrogens is 3. The molecule has 2 heterocycles. The van der Waals surface area contributed by atoms with Crippen molar-refractivity contribution in [2.75, 3.05) is 33.4 Å². The molecule has 1 unspecified atom stereocenters. The van der Waals surface area contributed by atoms with Gasteiger partial charge in [-0.1, -0.05) is 35.3 Å². The highest BCUT2D eigenvalue weighted by Gasteiger charge is 2.35. The van der Waals surface area contributed by atoms with Crippen molar-refractivity contribution in [2.24, 2.45) is 0 Å². The van der Waals surface area contributed by atoms with Gasteiger partial charge in [-0.2, -0.15) is 5.10 Å². The van der Waals surface area contributed by atoms with Crippen molar-refractivity contribution in [3.63, 3.8) is 0 Å². The lowest BCUT2D eigenvalue weighted by Crippen LogP contribution is -2.48. The number of halogens is 4. The summed E-state index contributed by atoms with van der Waals surface area (Å²) in [5.74, 6) is -1.07. The second kappa shape index (κ2) is 10.7. The third-order valence-corrected chi connectivity index (χ3v) is 7.04. The van der Waals surface area contributed by atoms with Gasteiger partial charge in [-0.25, -0.2) is 18.4 Å². The second-order valence-electron chi connectivity index (χ2n) is 8.97. The molecule has 34 heavy (non-hydrogen) atoms. The molecule has 1 N–H and O–H groups in total. The monoisotopic (exact) mass is 509 g/mol. The largest absolute Gasteiger partial charge is 0.382 e. The standard InChI is InChI=1S/C24H27Cl2F2N5O/c1-31(16-32-8-6-17(7-9-32)18-2-5-21(25)22(26)10-18)12-24(34,13-33-15-29-14-30-33)20-4-3-19(27)11-23(20)28/h2-5,10-11,14-15,17,34H,6-9,12-13,16H2,1H3. The van der Waals surface area contributed by atoms with Gasteiger partial charge in [-0.15, -0.1) is 0 Å². The van der Waals surface area contributed by atoms with Crippen LogP contribution in [0.15, 0.2) is 49.1 Å². The number of nitrogens with zero attached hydrogens (tertiary/aromatic N) is 5. The maximum Gasteiger partial charge on any atom is 0.137 e. The SMILES string of the molecule is CN(CN1CCC(c2ccc(Cl)c(Cl)c2)CC1)CC(O)(Cn1cncn1)c1ccc(F)cc1F. The quantitative estimate of drug-likeness (QED) is 0.483. The van der Waals surface area contributed by atoms with E-state index in [1.54, 1.807) is 0 Å². The molecule has 10 heteroatoms. The number of likely N-dealkylation sites (tertiary alicyclic amines) is 1. The lowest BCUT2D eigenvalue weighted by atomic mass is 9.89. The van der Waals surface area contributed by atoms with Crippen molar-refractivity contribution in [3.8, 4) is 0 Å². The number of hydrogen-bond donors (Lipinski definition) is 1. The van der Waals surface area contributed by atoms with Crippen LogP contribution < -0.4 is 0 Å². The Hall–Kier alpha value is -2.10. The van der Waals surface area contributed by atoms with E-state index >= 15 is 0 Å². The minimum absolute atomic E-state index is 0.0146. The maximum absolute atomic E-state index is 14.6. The molecule has 0 spiro atoms. The highest BCUT2D eigenvalue weighted by atomic mass is 35.5. The molecule has 1 saturated heterocycles. The van der Waals surface area contributed by atoms with Gasteiger partial charge in [-0.05, 0) is 62.7 Å². The highest BCUT2D eigenvalue weighted by molar-refractivity contribution is 6.42. The van der Waals surface area contributed by atoms with E-state index in [0.717, 1.165) is 38.1 Å². The van der Waals surface area contributed by atoms with Gasteiger partial charge in [0, 0.05) is 18.2 Å². The zero-order valence-electron chi connectivity index (χ0n) is 18.8. The van der Waals surface area contributed by atoms with Crippen LogP contribution >= 0.6 is 23.2 Å². The summed E-state index contributed by atoms with van der Waals surface area (Å²) in [4.78, 5) is 8.14. The van der Waals surface area contributed by atoms with Gasteiger partial charge in [-0.3, -0.25) is 9.80 Å². The van der Waals surface area contributed by atoms with Gasteiger partial charge in [0.15, 0.2) is 0 Å². The fourth-order valence-electron chi connectivity index (χ4n) is 4.68. The van der Waals surface area contributed by atoms with E-state index < -0.39 is 17.2 Å². The summed E-state index contributed by atoms with van der Waals surface area (Å²) in [5.41, 5.74) is -0.413. The Morgan fingerprint density at radius 3 is 2.53 bits per heavy atom. The molecule has 1 aliphatic heterocycles. The van der Waals surface area contributed by atoms with Crippen LogP contribution in [-0.4, -0.2) is 63.0 Å². The number of rotatable bonds is 8. The van der Waals surface area contributed by atoms with Crippen LogP contribution in [0.5, 0.6) is 0 Å². The fraction of sp³-hybridized carbons (Fsp3) is 0.417. The molecule has 1 aromatic heterocycles. The van der Waals surface area contributed by atoms with Crippen LogP contribution in [0.1, 0.15) is 29.9 Å². The lowest BCUT2D eigenvalue weighted by molar-refractivity contribution is -0.0285. The van der Waals surface area contributed by atoms with Gasteiger partial charge in [0.25, 0.3) is 0 Å². The third kappa shape index (κ3) is 5.93. The number of benzene rings is 2. The molecule has 1 atom stereocenters. The minimum atomic E-state index is -1.63. The average Bonchev–Trinajstić information content (AvgIpc) is 3.28. The number of likely N-dealkylation sites (N-methyl/N-ethyl adjacent to an activating group) is 1. The minimum Gasteiger partial charge on any atom is -0.382 e. The predicted octanol–water partition coefficient (Wildman–Crippen LogP) is 4.52. The number of hydrogen-bond acceptors (Lipinski definition) is 5. The first-order valence-corrected chi connectivity index (χ1v) is 11.9. The summed E-state index contributed by atoms with van der Waals surface area (Å²) in [6.45, 7) is 2.46. The van der Waals surface area contributed by atoms with Gasteiger partial charge >= 0.3 is 0 Å². The molecule has 0 saturated carbocycles. The second-order valence-corrected chi connectivity index (χ2v) is 9.78. The first-order chi connectivity index (χ1) is 16.2. The normalized spacial score (nSPS) is 17.3. The molecule has 1 fully saturated rings. The van der Waals surface area contributed by atoms with Gasteiger partial charge in [0.2, 0.25) is 0 Å². The highest BCUT2D eigenvalue weighted by Crippen LogP contribution is 2.33. The van der Waals surface area contributed by atoms with Crippen molar-refractivity contribution in [1.82, 2.24) is 24.6 Å². The molecule has 6 nitrogen and oxygen atoms in total. The summed E-state index contributed by atoms with van der Waals surface area (Å²) in [6.07, 6.45) is 4.76. The summed E-state index contributed by atoms with van der Waals surface area (Å²) in [5, 5.41) is 16.7. The molecule has 0 radical (unpaired) electrons. The zero-order chi connectivity index (χ0) is 24.3. The Morgan fingerprint density at radius 2 is 1.88 bits per heavy atom. The molecular formula is C24H27Cl2F2N5O. The topological polar surface area (TPSA) is 57.4 Å². The molecular weight excluding hydrogens is 483 g/mol. The summed E-state index contributed by atoms with van der Waals surface area (Å²) >= 11 is 12.2. The Morgan fingerprint density at radius 1 is 1.12 bits per heavy atom.